The van der Waals surface area contributed by atoms with Gasteiger partial charge in [0.1, 0.15) is 5.84 Å². The molecule has 3 N–H and O–H groups in total. The van der Waals surface area contributed by atoms with Crippen molar-refractivity contribution in [3.63, 3.8) is 0 Å². The van der Waals surface area contributed by atoms with Crippen LogP contribution in [-0.4, -0.2) is 28.6 Å². The number of nitrogens with two attached hydrogens (primary N) is 1. The number of hydrogen-bond acceptors (Lipinski definition) is 4. The number of nitrogen functional groups attached to an aromatic ring is 1. The molecule has 0 radical (unpaired) electrons. The monoisotopic (exact) mass is 221 g/mol. The van der Waals surface area contributed by atoms with Gasteiger partial charge >= 0.3 is 0 Å². The van der Waals surface area contributed by atoms with Crippen molar-refractivity contribution in [2.24, 2.45) is 5.73 Å². The molecule has 88 valence electrons. The standard InChI is InChI=1S/C11H19N5/c1-4-8(3)16(5-2)11-9(10(12)13)6-7-14-15-11/h6-8H,4-5H2,1-3H3,(H3,12,13). The van der Waals surface area contributed by atoms with Crippen molar-refractivity contribution in [1.82, 2.24) is 10.2 Å². The Morgan fingerprint density at radius 3 is 2.75 bits per heavy atom. The highest BCUT2D eigenvalue weighted by atomic mass is 15.3. The Balaban J connectivity index is 3.14. The van der Waals surface area contributed by atoms with Crippen LogP contribution in [0.4, 0.5) is 5.82 Å². The van der Waals surface area contributed by atoms with Crippen molar-refractivity contribution >= 4 is 11.7 Å². The molecule has 0 amide bonds. The van der Waals surface area contributed by atoms with Gasteiger partial charge in [-0.15, -0.1) is 5.10 Å². The summed E-state index contributed by atoms with van der Waals surface area (Å²) in [5, 5.41) is 15.5. The van der Waals surface area contributed by atoms with Gasteiger partial charge in [-0.25, -0.2) is 0 Å². The van der Waals surface area contributed by atoms with Crippen LogP contribution in [0, 0.1) is 5.41 Å². The van der Waals surface area contributed by atoms with Gasteiger partial charge in [0.25, 0.3) is 0 Å². The fraction of sp³-hybridized carbons (Fsp3) is 0.545. The Morgan fingerprint density at radius 2 is 2.25 bits per heavy atom. The molecule has 1 heterocycles. The summed E-state index contributed by atoms with van der Waals surface area (Å²) in [5.41, 5.74) is 6.19. The lowest BCUT2D eigenvalue weighted by Crippen LogP contribution is -2.35. The van der Waals surface area contributed by atoms with Crippen molar-refractivity contribution in [2.45, 2.75) is 33.2 Å². The molecule has 0 saturated carbocycles. The molecule has 1 atom stereocenters. The van der Waals surface area contributed by atoms with Crippen LogP contribution >= 0.6 is 0 Å². The predicted molar refractivity (Wildman–Crippen MR) is 65.8 cm³/mol. The molecule has 0 saturated heterocycles. The maximum atomic E-state index is 7.53. The van der Waals surface area contributed by atoms with E-state index in [9.17, 15) is 0 Å². The molecule has 0 aliphatic heterocycles. The highest BCUT2D eigenvalue weighted by Crippen LogP contribution is 2.19. The van der Waals surface area contributed by atoms with Gasteiger partial charge in [-0.1, -0.05) is 6.92 Å². The summed E-state index contributed by atoms with van der Waals surface area (Å²) in [6.45, 7) is 7.14. The van der Waals surface area contributed by atoms with Crippen LogP contribution < -0.4 is 10.6 Å². The lowest BCUT2D eigenvalue weighted by atomic mass is 10.2. The van der Waals surface area contributed by atoms with Gasteiger partial charge in [-0.3, -0.25) is 5.41 Å². The number of hydrogen-bond donors (Lipinski definition) is 2. The maximum Gasteiger partial charge on any atom is 0.162 e. The first kappa shape index (κ1) is 12.4. The van der Waals surface area contributed by atoms with Gasteiger partial charge in [0.05, 0.1) is 11.8 Å². The van der Waals surface area contributed by atoms with Crippen LogP contribution in [0.25, 0.3) is 0 Å². The molecule has 1 rings (SSSR count). The smallest absolute Gasteiger partial charge is 0.162 e. The van der Waals surface area contributed by atoms with E-state index in [0.29, 0.717) is 17.4 Å². The van der Waals surface area contributed by atoms with Crippen LogP contribution in [0.1, 0.15) is 32.8 Å². The minimum atomic E-state index is 0.0339. The third kappa shape index (κ3) is 2.48. The zero-order valence-electron chi connectivity index (χ0n) is 10.1. The summed E-state index contributed by atoms with van der Waals surface area (Å²) in [6.07, 6.45) is 2.58. The summed E-state index contributed by atoms with van der Waals surface area (Å²) < 4.78 is 0. The van der Waals surface area contributed by atoms with Crippen molar-refractivity contribution in [3.05, 3.63) is 17.8 Å². The summed E-state index contributed by atoms with van der Waals surface area (Å²) in [7, 11) is 0. The Bertz CT molecular complexity index is 363. The Morgan fingerprint density at radius 1 is 1.56 bits per heavy atom. The third-order valence-corrected chi connectivity index (χ3v) is 2.73. The van der Waals surface area contributed by atoms with Gasteiger partial charge < -0.3 is 10.6 Å². The van der Waals surface area contributed by atoms with E-state index in [1.807, 2.05) is 0 Å². The van der Waals surface area contributed by atoms with Crippen molar-refractivity contribution in [3.8, 4) is 0 Å². The molecule has 1 aromatic heterocycles. The number of nitrogens with one attached hydrogen (secondary N) is 1. The SMILES string of the molecule is CCC(C)N(CC)c1nnccc1C(=N)N. The zero-order valence-corrected chi connectivity index (χ0v) is 10.1. The van der Waals surface area contributed by atoms with Crippen LogP contribution in [0.3, 0.4) is 0 Å². The van der Waals surface area contributed by atoms with E-state index in [1.165, 1.54) is 0 Å². The van der Waals surface area contributed by atoms with E-state index in [0.717, 1.165) is 13.0 Å². The van der Waals surface area contributed by atoms with Gasteiger partial charge in [-0.05, 0) is 26.3 Å². The number of nitrogens with zero attached hydrogens (tertiary/aromatic N) is 3. The van der Waals surface area contributed by atoms with Crippen LogP contribution in [-0.2, 0) is 0 Å². The molecular formula is C11H19N5. The van der Waals surface area contributed by atoms with Crippen molar-refractivity contribution < 1.29 is 0 Å². The Labute approximate surface area is 96.2 Å². The van der Waals surface area contributed by atoms with Crippen LogP contribution in [0.2, 0.25) is 0 Å². The molecule has 0 fully saturated rings. The normalized spacial score (nSPS) is 12.2. The van der Waals surface area contributed by atoms with Gasteiger partial charge in [0, 0.05) is 12.6 Å². The average molecular weight is 221 g/mol. The molecule has 1 aromatic rings. The predicted octanol–water partition coefficient (Wildman–Crippen LogP) is 1.39. The second-order valence-electron chi connectivity index (χ2n) is 3.73. The van der Waals surface area contributed by atoms with E-state index in [1.54, 1.807) is 12.3 Å². The molecule has 5 nitrogen and oxygen atoms in total. The fourth-order valence-electron chi connectivity index (χ4n) is 1.64. The first-order valence-electron chi connectivity index (χ1n) is 5.54. The van der Waals surface area contributed by atoms with E-state index < -0.39 is 0 Å². The lowest BCUT2D eigenvalue weighted by Gasteiger charge is -2.29. The fourth-order valence-corrected chi connectivity index (χ4v) is 1.64. The zero-order chi connectivity index (χ0) is 12.1. The third-order valence-electron chi connectivity index (χ3n) is 2.73. The Hall–Kier alpha value is -1.65. The quantitative estimate of drug-likeness (QED) is 0.581. The van der Waals surface area contributed by atoms with Crippen LogP contribution in [0.5, 0.6) is 0 Å². The van der Waals surface area contributed by atoms with Crippen molar-refractivity contribution in [2.75, 3.05) is 11.4 Å². The van der Waals surface area contributed by atoms with Gasteiger partial charge in [-0.2, -0.15) is 5.10 Å². The maximum absolute atomic E-state index is 7.53. The molecule has 5 heteroatoms. The molecule has 1 unspecified atom stereocenters. The molecular weight excluding hydrogens is 202 g/mol. The number of rotatable bonds is 5. The Kier molecular flexibility index (Phi) is 4.22. The second-order valence-corrected chi connectivity index (χ2v) is 3.73. The number of anilines is 1. The molecule has 16 heavy (non-hydrogen) atoms. The van der Waals surface area contributed by atoms with E-state index in [2.05, 4.69) is 35.9 Å². The summed E-state index contributed by atoms with van der Waals surface area (Å²) in [6, 6.07) is 2.09. The van der Waals surface area contributed by atoms with E-state index in [4.69, 9.17) is 11.1 Å². The van der Waals surface area contributed by atoms with E-state index >= 15 is 0 Å². The first-order valence-corrected chi connectivity index (χ1v) is 5.54. The summed E-state index contributed by atoms with van der Waals surface area (Å²) in [5.74, 6) is 0.735. The number of aromatic nitrogens is 2. The average Bonchev–Trinajstić information content (AvgIpc) is 2.30. The summed E-state index contributed by atoms with van der Waals surface area (Å²) >= 11 is 0. The van der Waals surface area contributed by atoms with Crippen LogP contribution in [0.15, 0.2) is 12.3 Å². The highest BCUT2D eigenvalue weighted by molar-refractivity contribution is 5.99. The first-order chi connectivity index (χ1) is 7.61. The molecule has 0 spiro atoms. The van der Waals surface area contributed by atoms with Crippen molar-refractivity contribution in [1.29, 1.82) is 5.41 Å². The van der Waals surface area contributed by atoms with E-state index in [-0.39, 0.29) is 5.84 Å². The second kappa shape index (κ2) is 5.44. The van der Waals surface area contributed by atoms with Gasteiger partial charge in [0.15, 0.2) is 5.82 Å². The lowest BCUT2D eigenvalue weighted by molar-refractivity contribution is 0.618. The van der Waals surface area contributed by atoms with Gasteiger partial charge in [0.2, 0.25) is 0 Å². The minimum absolute atomic E-state index is 0.0339. The minimum Gasteiger partial charge on any atom is -0.384 e. The summed E-state index contributed by atoms with van der Waals surface area (Å²) in [4.78, 5) is 2.11. The largest absolute Gasteiger partial charge is 0.384 e. The highest BCUT2D eigenvalue weighted by Gasteiger charge is 2.17. The molecule has 0 aliphatic carbocycles. The molecule has 0 bridgehead atoms. The number of amidine groups is 1. The molecule has 0 aromatic carbocycles. The molecule has 0 aliphatic rings. The topological polar surface area (TPSA) is 78.9 Å².